The zero-order valence-electron chi connectivity index (χ0n) is 17.1. The molecule has 0 radical (unpaired) electrons. The molecule has 2 amide bonds. The summed E-state index contributed by atoms with van der Waals surface area (Å²) in [6.07, 6.45) is -0.119. The number of nitrogens with one attached hydrogen (secondary N) is 1. The zero-order valence-corrected chi connectivity index (χ0v) is 17.1. The number of carboxylic acids is 1. The number of benzene rings is 2. The molecule has 7 nitrogen and oxygen atoms in total. The summed E-state index contributed by atoms with van der Waals surface area (Å²) in [6, 6.07) is 10.7. The first-order valence-electron chi connectivity index (χ1n) is 9.30. The molecule has 0 aliphatic rings. The number of aliphatic carboxylic acids is 1. The van der Waals surface area contributed by atoms with Crippen LogP contribution in [0, 0.1) is 0 Å². The second-order valence-corrected chi connectivity index (χ2v) is 6.65. The van der Waals surface area contributed by atoms with E-state index in [-0.39, 0.29) is 18.2 Å². The second kappa shape index (κ2) is 9.73. The quantitative estimate of drug-likeness (QED) is 0.711. The number of ether oxygens (including phenoxy) is 1. The van der Waals surface area contributed by atoms with E-state index in [1.807, 2.05) is 13.0 Å². The smallest absolute Gasteiger partial charge is 0.307 e. The summed E-state index contributed by atoms with van der Waals surface area (Å²) >= 11 is 0. The van der Waals surface area contributed by atoms with Gasteiger partial charge in [-0.05, 0) is 36.2 Å². The van der Waals surface area contributed by atoms with Gasteiger partial charge in [-0.2, -0.15) is 0 Å². The maximum Gasteiger partial charge on any atom is 0.307 e. The van der Waals surface area contributed by atoms with Crippen molar-refractivity contribution in [3.63, 3.8) is 0 Å². The molecule has 0 bridgehead atoms. The van der Waals surface area contributed by atoms with Crippen LogP contribution >= 0.6 is 0 Å². The molecule has 29 heavy (non-hydrogen) atoms. The van der Waals surface area contributed by atoms with Gasteiger partial charge in [0.15, 0.2) is 0 Å². The van der Waals surface area contributed by atoms with Crippen molar-refractivity contribution in [1.82, 2.24) is 4.90 Å². The lowest BCUT2D eigenvalue weighted by molar-refractivity contribution is -0.136. The molecule has 2 N–H and O–H groups in total. The van der Waals surface area contributed by atoms with Crippen molar-refractivity contribution in [3.8, 4) is 16.9 Å². The molecular weight excluding hydrogens is 372 g/mol. The SMILES string of the molecule is CCN(Cc1c(NC(C)=O)cccc1-c1cc(CC(=O)O)ccc1OC)C(C)=O. The van der Waals surface area contributed by atoms with Gasteiger partial charge in [0.1, 0.15) is 5.75 Å². The van der Waals surface area contributed by atoms with Gasteiger partial charge in [0.25, 0.3) is 0 Å². The van der Waals surface area contributed by atoms with Crippen LogP contribution in [0.1, 0.15) is 31.9 Å². The highest BCUT2D eigenvalue weighted by molar-refractivity contribution is 5.92. The first-order valence-corrected chi connectivity index (χ1v) is 9.30. The fourth-order valence-corrected chi connectivity index (χ4v) is 3.20. The highest BCUT2D eigenvalue weighted by Gasteiger charge is 2.19. The average molecular weight is 398 g/mol. The highest BCUT2D eigenvalue weighted by Crippen LogP contribution is 2.37. The normalized spacial score (nSPS) is 10.3. The highest BCUT2D eigenvalue weighted by atomic mass is 16.5. The molecule has 0 aromatic heterocycles. The standard InChI is InChI=1S/C22H26N2O5/c1-5-24(15(3)26)13-19-17(7-6-8-20(19)23-14(2)25)18-11-16(12-22(27)28)9-10-21(18)29-4/h6-11H,5,12-13H2,1-4H3,(H,23,25)(H,27,28). The summed E-state index contributed by atoms with van der Waals surface area (Å²) in [4.78, 5) is 36.5. The molecule has 0 saturated carbocycles. The monoisotopic (exact) mass is 398 g/mol. The Bertz CT molecular complexity index is 923. The first-order chi connectivity index (χ1) is 13.8. The Hall–Kier alpha value is -3.35. The van der Waals surface area contributed by atoms with Gasteiger partial charge in [-0.3, -0.25) is 14.4 Å². The summed E-state index contributed by atoms with van der Waals surface area (Å²) in [5, 5.41) is 12.0. The molecule has 0 fully saturated rings. The Morgan fingerprint density at radius 3 is 2.38 bits per heavy atom. The lowest BCUT2D eigenvalue weighted by Gasteiger charge is -2.24. The van der Waals surface area contributed by atoms with Gasteiger partial charge in [0, 0.05) is 43.8 Å². The molecular formula is C22H26N2O5. The molecule has 7 heteroatoms. The van der Waals surface area contributed by atoms with Crippen molar-refractivity contribution < 1.29 is 24.2 Å². The van der Waals surface area contributed by atoms with E-state index in [9.17, 15) is 14.4 Å². The minimum Gasteiger partial charge on any atom is -0.496 e. The number of hydrogen-bond donors (Lipinski definition) is 2. The fourth-order valence-electron chi connectivity index (χ4n) is 3.20. The van der Waals surface area contributed by atoms with Crippen molar-refractivity contribution in [2.75, 3.05) is 19.0 Å². The third-order valence-electron chi connectivity index (χ3n) is 4.57. The molecule has 0 unspecified atom stereocenters. The Morgan fingerprint density at radius 1 is 1.10 bits per heavy atom. The number of hydrogen-bond acceptors (Lipinski definition) is 4. The van der Waals surface area contributed by atoms with E-state index in [1.54, 1.807) is 42.3 Å². The molecule has 2 aromatic rings. The molecule has 0 heterocycles. The number of carboxylic acid groups (broad SMARTS) is 1. The van der Waals surface area contributed by atoms with Gasteiger partial charge in [-0.25, -0.2) is 0 Å². The molecule has 0 aliphatic heterocycles. The number of carbonyl (C=O) groups is 3. The van der Waals surface area contributed by atoms with Gasteiger partial charge in [0.05, 0.1) is 13.5 Å². The van der Waals surface area contributed by atoms with Crippen LogP contribution in [0.3, 0.4) is 0 Å². The Kier molecular flexibility index (Phi) is 7.36. The van der Waals surface area contributed by atoms with E-state index in [2.05, 4.69) is 5.32 Å². The van der Waals surface area contributed by atoms with Gasteiger partial charge in [-0.15, -0.1) is 0 Å². The predicted molar refractivity (Wildman–Crippen MR) is 111 cm³/mol. The van der Waals surface area contributed by atoms with Crippen LogP contribution in [0.4, 0.5) is 5.69 Å². The topological polar surface area (TPSA) is 95.9 Å². The molecule has 0 atom stereocenters. The van der Waals surface area contributed by atoms with Crippen molar-refractivity contribution in [2.45, 2.75) is 33.7 Å². The van der Waals surface area contributed by atoms with E-state index in [1.165, 1.54) is 13.8 Å². The molecule has 2 aromatic carbocycles. The minimum absolute atomic E-state index is 0.0809. The van der Waals surface area contributed by atoms with Gasteiger partial charge in [0.2, 0.25) is 11.8 Å². The largest absolute Gasteiger partial charge is 0.496 e. The molecule has 154 valence electrons. The van der Waals surface area contributed by atoms with Gasteiger partial charge >= 0.3 is 5.97 Å². The van der Waals surface area contributed by atoms with E-state index in [0.717, 1.165) is 11.1 Å². The Morgan fingerprint density at radius 2 is 1.83 bits per heavy atom. The van der Waals surface area contributed by atoms with Crippen molar-refractivity contribution in [1.29, 1.82) is 0 Å². The summed E-state index contributed by atoms with van der Waals surface area (Å²) in [5.41, 5.74) is 3.45. The van der Waals surface area contributed by atoms with Crippen LogP contribution in [0.5, 0.6) is 5.75 Å². The third-order valence-corrected chi connectivity index (χ3v) is 4.57. The van der Waals surface area contributed by atoms with Crippen molar-refractivity contribution in [3.05, 3.63) is 47.5 Å². The van der Waals surface area contributed by atoms with Crippen LogP contribution in [0.2, 0.25) is 0 Å². The first kappa shape index (κ1) is 21.9. The van der Waals surface area contributed by atoms with Crippen LogP contribution in [0.15, 0.2) is 36.4 Å². The van der Waals surface area contributed by atoms with E-state index < -0.39 is 5.97 Å². The summed E-state index contributed by atoms with van der Waals surface area (Å²) in [7, 11) is 1.54. The summed E-state index contributed by atoms with van der Waals surface area (Å²) in [5.74, 6) is -0.656. The van der Waals surface area contributed by atoms with Crippen molar-refractivity contribution in [2.24, 2.45) is 0 Å². The van der Waals surface area contributed by atoms with Gasteiger partial charge in [-0.1, -0.05) is 18.2 Å². The lowest BCUT2D eigenvalue weighted by atomic mass is 9.94. The number of anilines is 1. The maximum absolute atomic E-state index is 12.0. The minimum atomic E-state index is -0.929. The molecule has 0 saturated heterocycles. The van der Waals surface area contributed by atoms with E-state index in [4.69, 9.17) is 9.84 Å². The molecule has 2 rings (SSSR count). The van der Waals surface area contributed by atoms with Crippen LogP contribution < -0.4 is 10.1 Å². The maximum atomic E-state index is 12.0. The van der Waals surface area contributed by atoms with Gasteiger partial charge < -0.3 is 20.1 Å². The van der Waals surface area contributed by atoms with Crippen LogP contribution in [-0.2, 0) is 27.3 Å². The third kappa shape index (κ3) is 5.57. The summed E-state index contributed by atoms with van der Waals surface area (Å²) < 4.78 is 5.50. The van der Waals surface area contributed by atoms with Crippen molar-refractivity contribution >= 4 is 23.5 Å². The fraction of sp³-hybridized carbons (Fsp3) is 0.318. The summed E-state index contributed by atoms with van der Waals surface area (Å²) in [6.45, 7) is 5.62. The van der Waals surface area contributed by atoms with Crippen LogP contribution in [-0.4, -0.2) is 41.4 Å². The van der Waals surface area contributed by atoms with E-state index >= 15 is 0 Å². The second-order valence-electron chi connectivity index (χ2n) is 6.65. The number of rotatable bonds is 8. The predicted octanol–water partition coefficient (Wildman–Crippen LogP) is 3.32. The number of carbonyl (C=O) groups excluding carboxylic acids is 2. The number of nitrogens with zero attached hydrogens (tertiary/aromatic N) is 1. The number of amides is 2. The average Bonchev–Trinajstić information content (AvgIpc) is 2.65. The lowest BCUT2D eigenvalue weighted by Crippen LogP contribution is -2.28. The Balaban J connectivity index is 2.69. The molecule has 0 spiro atoms. The number of methoxy groups -OCH3 is 1. The Labute approximate surface area is 170 Å². The van der Waals surface area contributed by atoms with Crippen LogP contribution in [0.25, 0.3) is 11.1 Å². The zero-order chi connectivity index (χ0) is 21.6. The van der Waals surface area contributed by atoms with E-state index in [0.29, 0.717) is 35.7 Å². The molecule has 0 aliphatic carbocycles.